The largest absolute Gasteiger partial charge is 0.328 e. The lowest BCUT2D eigenvalue weighted by Crippen LogP contribution is -2.11. The van der Waals surface area contributed by atoms with E-state index in [9.17, 15) is 0 Å². The zero-order chi connectivity index (χ0) is 5.11. The van der Waals surface area contributed by atoms with Crippen LogP contribution in [0.4, 0.5) is 0 Å². The molecular formula is C5H10AlN. The van der Waals surface area contributed by atoms with Crippen LogP contribution < -0.4 is 0 Å². The van der Waals surface area contributed by atoms with E-state index < -0.39 is 0 Å². The fourth-order valence-corrected chi connectivity index (χ4v) is 2.51. The summed E-state index contributed by atoms with van der Waals surface area (Å²) in [6, 6.07) is 0. The second kappa shape index (κ2) is 2.50. The van der Waals surface area contributed by atoms with Crippen LogP contribution in [0.5, 0.6) is 0 Å². The van der Waals surface area contributed by atoms with Crippen LogP contribution in [0.25, 0.3) is 0 Å². The van der Waals surface area contributed by atoms with Gasteiger partial charge in [0.1, 0.15) is 0 Å². The fraction of sp³-hybridized carbons (Fsp3) is 0.800. The van der Waals surface area contributed by atoms with Gasteiger partial charge in [-0.05, 0) is 6.42 Å². The zero-order valence-corrected chi connectivity index (χ0v) is 5.95. The van der Waals surface area contributed by atoms with Gasteiger partial charge in [0.15, 0.2) is 0 Å². The maximum absolute atomic E-state index is 7.25. The Labute approximate surface area is 50.3 Å². The summed E-state index contributed by atoms with van der Waals surface area (Å²) in [5.74, 6) is 0. The van der Waals surface area contributed by atoms with Crippen LogP contribution >= 0.6 is 0 Å². The van der Waals surface area contributed by atoms with Crippen molar-refractivity contribution in [2.45, 2.75) is 24.5 Å². The highest BCUT2D eigenvalue weighted by Crippen LogP contribution is 2.07. The molecule has 0 bridgehead atoms. The first-order valence-corrected chi connectivity index (χ1v) is 4.66. The van der Waals surface area contributed by atoms with Crippen LogP contribution in [0.2, 0.25) is 5.28 Å². The summed E-state index contributed by atoms with van der Waals surface area (Å²) < 4.78 is 1.10. The minimum atomic E-state index is 0.0162. The molecule has 0 aromatic carbocycles. The predicted molar refractivity (Wildman–Crippen MR) is 33.5 cm³/mol. The van der Waals surface area contributed by atoms with Gasteiger partial charge in [0.2, 0.25) is 0 Å². The van der Waals surface area contributed by atoms with E-state index in [0.717, 1.165) is 11.0 Å². The van der Waals surface area contributed by atoms with Crippen LogP contribution in [-0.2, 0) is 0 Å². The van der Waals surface area contributed by atoms with Crippen LogP contribution in [0.3, 0.4) is 0 Å². The van der Waals surface area contributed by atoms with Crippen LogP contribution in [-0.4, -0.2) is 19.8 Å². The molecule has 2 heteroatoms. The number of nitrogens with one attached hydrogen (secondary N) is 1. The molecule has 0 aliphatic carbocycles. The summed E-state index contributed by atoms with van der Waals surface area (Å²) in [5, 5.41) is 8.65. The lowest BCUT2D eigenvalue weighted by Gasteiger charge is -2.06. The van der Waals surface area contributed by atoms with Crippen molar-refractivity contribution in [1.82, 2.24) is 0 Å². The quantitative estimate of drug-likeness (QED) is 0.451. The molecule has 1 aliphatic rings. The van der Waals surface area contributed by atoms with Crippen molar-refractivity contribution in [2.75, 3.05) is 0 Å². The Morgan fingerprint density at radius 2 is 2.29 bits per heavy atom. The van der Waals surface area contributed by atoms with Crippen molar-refractivity contribution in [3.05, 3.63) is 0 Å². The molecule has 1 heterocycles. The topological polar surface area (TPSA) is 23.9 Å². The molecule has 1 N–H and O–H groups in total. The number of rotatable bonds is 0. The third-order valence-electron chi connectivity index (χ3n) is 1.46. The van der Waals surface area contributed by atoms with Gasteiger partial charge >= 0.3 is 15.2 Å². The molecule has 0 atom stereocenters. The van der Waals surface area contributed by atoms with Gasteiger partial charge in [-0.1, -0.05) is 22.7 Å². The first-order valence-electron chi connectivity index (χ1n) is 2.96. The van der Waals surface area contributed by atoms with Gasteiger partial charge in [0.25, 0.3) is 0 Å². The first-order chi connectivity index (χ1) is 3.39. The Kier molecular flexibility index (Phi) is 1.90. The fourth-order valence-electron chi connectivity index (χ4n) is 0.979. The maximum atomic E-state index is 7.25. The van der Waals surface area contributed by atoms with E-state index in [2.05, 4.69) is 0 Å². The summed E-state index contributed by atoms with van der Waals surface area (Å²) in [6.45, 7) is 0. The molecule has 0 amide bonds. The minimum absolute atomic E-state index is 0.0162. The summed E-state index contributed by atoms with van der Waals surface area (Å²) in [5.41, 5.74) is 0. The van der Waals surface area contributed by atoms with Crippen molar-refractivity contribution in [1.29, 1.82) is 5.41 Å². The number of hydrogen-bond donors (Lipinski definition) is 1. The lowest BCUT2D eigenvalue weighted by atomic mass is 10.2. The molecule has 38 valence electrons. The van der Waals surface area contributed by atoms with Crippen LogP contribution in [0.1, 0.15) is 19.3 Å². The molecule has 0 aromatic rings. The van der Waals surface area contributed by atoms with Gasteiger partial charge in [-0.25, -0.2) is 0 Å². The highest BCUT2D eigenvalue weighted by Gasteiger charge is 2.06. The van der Waals surface area contributed by atoms with Gasteiger partial charge in [-0.15, -0.1) is 0 Å². The van der Waals surface area contributed by atoms with E-state index >= 15 is 0 Å². The Balaban J connectivity index is 2.25. The lowest BCUT2D eigenvalue weighted by molar-refractivity contribution is 0.817. The molecule has 1 nitrogen and oxygen atoms in total. The highest BCUT2D eigenvalue weighted by molar-refractivity contribution is 6.75. The SMILES string of the molecule is N=[C]1CCC[CH2][AlH]1. The summed E-state index contributed by atoms with van der Waals surface area (Å²) in [4.78, 5) is 0. The third kappa shape index (κ3) is 1.63. The molecular weight excluding hydrogens is 101 g/mol. The molecule has 7 heavy (non-hydrogen) atoms. The highest BCUT2D eigenvalue weighted by atomic mass is 27.1. The molecule has 0 aromatic heterocycles. The average Bonchev–Trinajstić information content (AvgIpc) is 1.69. The van der Waals surface area contributed by atoms with Gasteiger partial charge in [0.05, 0.1) is 0 Å². The van der Waals surface area contributed by atoms with Gasteiger partial charge in [-0.2, -0.15) is 0 Å². The molecule has 1 rings (SSSR count). The summed E-state index contributed by atoms with van der Waals surface area (Å²) >= 11 is 0.0162. The molecule has 1 fully saturated rings. The van der Waals surface area contributed by atoms with E-state index in [-0.39, 0.29) is 15.2 Å². The molecule has 0 saturated carbocycles. The third-order valence-corrected chi connectivity index (χ3v) is 3.27. The Morgan fingerprint density at radius 3 is 2.57 bits per heavy atom. The molecule has 1 aliphatic heterocycles. The van der Waals surface area contributed by atoms with E-state index in [1.807, 2.05) is 0 Å². The average molecular weight is 111 g/mol. The Bertz CT molecular complexity index is 72.1. The second-order valence-corrected chi connectivity index (χ2v) is 4.22. The molecule has 0 spiro atoms. The van der Waals surface area contributed by atoms with Crippen LogP contribution in [0, 0.1) is 5.41 Å². The smallest absolute Gasteiger partial charge is 0.305 e. The molecule has 0 radical (unpaired) electrons. The summed E-state index contributed by atoms with van der Waals surface area (Å²) in [7, 11) is 0. The van der Waals surface area contributed by atoms with E-state index in [1.165, 1.54) is 18.1 Å². The van der Waals surface area contributed by atoms with Gasteiger partial charge in [0, 0.05) is 0 Å². The van der Waals surface area contributed by atoms with E-state index in [4.69, 9.17) is 5.41 Å². The van der Waals surface area contributed by atoms with Crippen molar-refractivity contribution in [3.63, 3.8) is 0 Å². The maximum Gasteiger partial charge on any atom is 0.305 e. The molecule has 1 saturated heterocycles. The van der Waals surface area contributed by atoms with E-state index in [0.29, 0.717) is 0 Å². The first kappa shape index (κ1) is 5.34. The zero-order valence-electron chi connectivity index (χ0n) is 4.54. The summed E-state index contributed by atoms with van der Waals surface area (Å²) in [6.07, 6.45) is 3.84. The predicted octanol–water partition coefficient (Wildman–Crippen LogP) is 1.00. The minimum Gasteiger partial charge on any atom is -0.328 e. The van der Waals surface area contributed by atoms with Crippen molar-refractivity contribution in [3.8, 4) is 0 Å². The Morgan fingerprint density at radius 1 is 1.43 bits per heavy atom. The number of hydrogen-bond acceptors (Lipinski definition) is 1. The standard InChI is InChI=1S/C5H9N.Al.H/c1-2-3-4-5-6;;/h6H,1-4H2;;. The molecule has 0 unspecified atom stereocenters. The van der Waals surface area contributed by atoms with Crippen LogP contribution in [0.15, 0.2) is 0 Å². The monoisotopic (exact) mass is 111 g/mol. The van der Waals surface area contributed by atoms with Crippen molar-refractivity contribution < 1.29 is 0 Å². The second-order valence-electron chi connectivity index (χ2n) is 2.16. The Hall–Kier alpha value is 0.202. The van der Waals surface area contributed by atoms with E-state index in [1.54, 1.807) is 0 Å². The van der Waals surface area contributed by atoms with Crippen molar-refractivity contribution in [2.24, 2.45) is 0 Å². The normalized spacial score (nSPS) is 21.4. The van der Waals surface area contributed by atoms with Gasteiger partial charge < -0.3 is 5.41 Å². The van der Waals surface area contributed by atoms with Crippen molar-refractivity contribution >= 4 is 19.8 Å². The van der Waals surface area contributed by atoms with Gasteiger partial charge in [-0.3, -0.25) is 0 Å².